The van der Waals surface area contributed by atoms with E-state index in [9.17, 15) is 0 Å². The average molecular weight is 252 g/mol. The Kier molecular flexibility index (Phi) is 4.47. The first-order valence-corrected chi connectivity index (χ1v) is 7.03. The Bertz CT molecular complexity index is 342. The van der Waals surface area contributed by atoms with Gasteiger partial charge in [-0.15, -0.1) is 0 Å². The molecule has 0 aliphatic heterocycles. The first-order valence-electron chi connectivity index (χ1n) is 6.65. The van der Waals surface area contributed by atoms with Gasteiger partial charge in [0.25, 0.3) is 0 Å². The molecule has 1 aliphatic carbocycles. The molecule has 0 amide bonds. The molecular weight excluding hydrogens is 230 g/mol. The van der Waals surface area contributed by atoms with Crippen molar-refractivity contribution in [2.75, 3.05) is 0 Å². The minimum atomic E-state index is 0.534. The third kappa shape index (κ3) is 3.72. The van der Waals surface area contributed by atoms with E-state index in [0.717, 1.165) is 17.4 Å². The van der Waals surface area contributed by atoms with Gasteiger partial charge >= 0.3 is 0 Å². The Labute approximate surface area is 110 Å². The summed E-state index contributed by atoms with van der Waals surface area (Å²) >= 11 is 5.88. The molecule has 1 nitrogen and oxygen atoms in total. The number of nitrogens with one attached hydrogen (secondary N) is 1. The molecule has 1 N–H and O–H groups in total. The fraction of sp³-hybridized carbons (Fsp3) is 0.600. The molecule has 0 bridgehead atoms. The lowest BCUT2D eigenvalue weighted by Crippen LogP contribution is -2.42. The largest absolute Gasteiger partial charge is 0.311 e. The molecule has 94 valence electrons. The van der Waals surface area contributed by atoms with Crippen molar-refractivity contribution >= 4 is 11.6 Å². The van der Waals surface area contributed by atoms with E-state index in [-0.39, 0.29) is 0 Å². The molecule has 2 rings (SSSR count). The lowest BCUT2D eigenvalue weighted by atomic mass is 9.80. The molecule has 17 heavy (non-hydrogen) atoms. The van der Waals surface area contributed by atoms with E-state index in [0.29, 0.717) is 12.1 Å². The van der Waals surface area contributed by atoms with Gasteiger partial charge in [-0.05, 0) is 56.7 Å². The minimum absolute atomic E-state index is 0.534. The van der Waals surface area contributed by atoms with Gasteiger partial charge in [-0.1, -0.05) is 30.2 Å². The van der Waals surface area contributed by atoms with E-state index < -0.39 is 0 Å². The first-order chi connectivity index (χ1) is 8.15. The maximum absolute atomic E-state index is 5.88. The van der Waals surface area contributed by atoms with Crippen molar-refractivity contribution in [3.05, 3.63) is 34.9 Å². The number of rotatable bonds is 5. The van der Waals surface area contributed by atoms with Crippen LogP contribution in [-0.2, 0) is 6.42 Å². The standard InChI is InChI=1S/C15H22ClN/c1-11(17-12(2)14-4-3-5-14)10-13-6-8-15(16)9-7-13/h6-9,11-12,14,17H,3-5,10H2,1-2H3. The predicted molar refractivity (Wildman–Crippen MR) is 74.6 cm³/mol. The van der Waals surface area contributed by atoms with Crippen LogP contribution in [0, 0.1) is 5.92 Å². The molecule has 0 saturated heterocycles. The molecule has 0 radical (unpaired) electrons. The molecule has 1 aliphatic rings. The van der Waals surface area contributed by atoms with Crippen LogP contribution in [-0.4, -0.2) is 12.1 Å². The summed E-state index contributed by atoms with van der Waals surface area (Å²) in [5.74, 6) is 0.905. The van der Waals surface area contributed by atoms with E-state index in [2.05, 4.69) is 31.3 Å². The van der Waals surface area contributed by atoms with Crippen LogP contribution in [0.1, 0.15) is 38.7 Å². The number of halogens is 1. The average Bonchev–Trinajstić information content (AvgIpc) is 2.18. The van der Waals surface area contributed by atoms with Gasteiger partial charge in [0.2, 0.25) is 0 Å². The van der Waals surface area contributed by atoms with Gasteiger partial charge in [-0.2, -0.15) is 0 Å². The van der Waals surface area contributed by atoms with Crippen LogP contribution in [0.25, 0.3) is 0 Å². The Balaban J connectivity index is 1.79. The third-order valence-electron chi connectivity index (χ3n) is 3.86. The fourth-order valence-corrected chi connectivity index (χ4v) is 2.68. The van der Waals surface area contributed by atoms with E-state index in [1.807, 2.05) is 12.1 Å². The normalized spacial score (nSPS) is 19.7. The molecule has 2 atom stereocenters. The molecule has 0 spiro atoms. The Morgan fingerprint density at radius 2 is 1.88 bits per heavy atom. The fourth-order valence-electron chi connectivity index (χ4n) is 2.56. The number of hydrogen-bond acceptors (Lipinski definition) is 1. The molecular formula is C15H22ClN. The van der Waals surface area contributed by atoms with Crippen molar-refractivity contribution in [2.45, 2.75) is 51.6 Å². The second-order valence-corrected chi connectivity index (χ2v) is 5.81. The van der Waals surface area contributed by atoms with Crippen molar-refractivity contribution in [1.82, 2.24) is 5.32 Å². The molecule has 2 heteroatoms. The van der Waals surface area contributed by atoms with Gasteiger partial charge in [0.1, 0.15) is 0 Å². The quantitative estimate of drug-likeness (QED) is 0.833. The predicted octanol–water partition coefficient (Wildman–Crippen LogP) is 4.05. The van der Waals surface area contributed by atoms with Gasteiger partial charge in [0.05, 0.1) is 0 Å². The highest BCUT2D eigenvalue weighted by atomic mass is 35.5. The highest BCUT2D eigenvalue weighted by Crippen LogP contribution is 2.29. The second-order valence-electron chi connectivity index (χ2n) is 5.38. The summed E-state index contributed by atoms with van der Waals surface area (Å²) < 4.78 is 0. The second kappa shape index (κ2) is 5.88. The highest BCUT2D eigenvalue weighted by molar-refractivity contribution is 6.30. The molecule has 0 heterocycles. The number of hydrogen-bond donors (Lipinski definition) is 1. The van der Waals surface area contributed by atoms with Crippen molar-refractivity contribution < 1.29 is 0 Å². The zero-order valence-corrected chi connectivity index (χ0v) is 11.5. The summed E-state index contributed by atoms with van der Waals surface area (Å²) in [6, 6.07) is 9.37. The lowest BCUT2D eigenvalue weighted by molar-refractivity contribution is 0.229. The van der Waals surface area contributed by atoms with E-state index in [1.165, 1.54) is 24.8 Å². The summed E-state index contributed by atoms with van der Waals surface area (Å²) in [7, 11) is 0. The molecule has 2 unspecified atom stereocenters. The van der Waals surface area contributed by atoms with Gasteiger partial charge in [0.15, 0.2) is 0 Å². The van der Waals surface area contributed by atoms with Crippen LogP contribution >= 0.6 is 11.6 Å². The lowest BCUT2D eigenvalue weighted by Gasteiger charge is -2.34. The van der Waals surface area contributed by atoms with Crippen LogP contribution in [0.4, 0.5) is 0 Å². The topological polar surface area (TPSA) is 12.0 Å². The minimum Gasteiger partial charge on any atom is -0.311 e. The van der Waals surface area contributed by atoms with Crippen molar-refractivity contribution in [2.24, 2.45) is 5.92 Å². The number of benzene rings is 1. The molecule has 1 aromatic rings. The Morgan fingerprint density at radius 3 is 2.41 bits per heavy atom. The SMILES string of the molecule is CC(Cc1ccc(Cl)cc1)NC(C)C1CCC1. The van der Waals surface area contributed by atoms with Crippen LogP contribution < -0.4 is 5.32 Å². The van der Waals surface area contributed by atoms with Crippen molar-refractivity contribution in [3.8, 4) is 0 Å². The molecule has 0 aromatic heterocycles. The first kappa shape index (κ1) is 12.9. The summed E-state index contributed by atoms with van der Waals surface area (Å²) in [4.78, 5) is 0. The van der Waals surface area contributed by atoms with Crippen molar-refractivity contribution in [1.29, 1.82) is 0 Å². The Morgan fingerprint density at radius 1 is 1.24 bits per heavy atom. The van der Waals surface area contributed by atoms with Gasteiger partial charge < -0.3 is 5.32 Å². The Hall–Kier alpha value is -0.530. The van der Waals surface area contributed by atoms with Crippen LogP contribution in [0.3, 0.4) is 0 Å². The molecule has 1 saturated carbocycles. The molecule has 1 aromatic carbocycles. The van der Waals surface area contributed by atoms with Crippen LogP contribution in [0.15, 0.2) is 24.3 Å². The zero-order chi connectivity index (χ0) is 12.3. The van der Waals surface area contributed by atoms with Crippen LogP contribution in [0.5, 0.6) is 0 Å². The zero-order valence-electron chi connectivity index (χ0n) is 10.7. The van der Waals surface area contributed by atoms with Crippen LogP contribution in [0.2, 0.25) is 5.02 Å². The van der Waals surface area contributed by atoms with Gasteiger partial charge in [-0.3, -0.25) is 0 Å². The maximum atomic E-state index is 5.88. The maximum Gasteiger partial charge on any atom is 0.0406 e. The van der Waals surface area contributed by atoms with Gasteiger partial charge in [-0.25, -0.2) is 0 Å². The van der Waals surface area contributed by atoms with Gasteiger partial charge in [0, 0.05) is 17.1 Å². The van der Waals surface area contributed by atoms with E-state index in [4.69, 9.17) is 11.6 Å². The smallest absolute Gasteiger partial charge is 0.0406 e. The molecule has 1 fully saturated rings. The monoisotopic (exact) mass is 251 g/mol. The summed E-state index contributed by atoms with van der Waals surface area (Å²) in [5, 5.41) is 4.53. The summed E-state index contributed by atoms with van der Waals surface area (Å²) in [6.07, 6.45) is 5.31. The third-order valence-corrected chi connectivity index (χ3v) is 4.11. The van der Waals surface area contributed by atoms with E-state index >= 15 is 0 Å². The summed E-state index contributed by atoms with van der Waals surface area (Å²) in [5.41, 5.74) is 1.36. The van der Waals surface area contributed by atoms with E-state index in [1.54, 1.807) is 0 Å². The summed E-state index contributed by atoms with van der Waals surface area (Å²) in [6.45, 7) is 4.59. The highest BCUT2D eigenvalue weighted by Gasteiger charge is 2.24. The van der Waals surface area contributed by atoms with Crippen molar-refractivity contribution in [3.63, 3.8) is 0 Å².